The molecule has 0 radical (unpaired) electrons. The highest BCUT2D eigenvalue weighted by Gasteiger charge is 2.44. The van der Waals surface area contributed by atoms with Crippen molar-refractivity contribution in [3.63, 3.8) is 0 Å². The maximum Gasteiger partial charge on any atom is 0.257 e. The van der Waals surface area contributed by atoms with E-state index in [1.54, 1.807) is 28.4 Å². The van der Waals surface area contributed by atoms with Crippen LogP contribution in [0, 0.1) is 6.92 Å². The molecule has 5 nitrogen and oxygen atoms in total. The second-order valence-corrected chi connectivity index (χ2v) is 9.57. The van der Waals surface area contributed by atoms with Crippen LogP contribution in [0.4, 0.5) is 5.69 Å². The van der Waals surface area contributed by atoms with Crippen LogP contribution in [0.5, 0.6) is 0 Å². The van der Waals surface area contributed by atoms with Crippen molar-refractivity contribution in [2.45, 2.75) is 30.1 Å². The van der Waals surface area contributed by atoms with E-state index in [1.165, 1.54) is 16.7 Å². The summed E-state index contributed by atoms with van der Waals surface area (Å²) >= 11 is 3.03. The number of aryl methyl sites for hydroxylation is 1. The minimum Gasteiger partial charge on any atom is -0.325 e. The van der Waals surface area contributed by atoms with Gasteiger partial charge in [0.15, 0.2) is 0 Å². The van der Waals surface area contributed by atoms with Crippen LogP contribution in [0.25, 0.3) is 0 Å². The van der Waals surface area contributed by atoms with Gasteiger partial charge in [-0.15, -0.1) is 23.1 Å². The average molecular weight is 451 g/mol. The molecule has 1 unspecified atom stereocenters. The van der Waals surface area contributed by atoms with E-state index in [4.69, 9.17) is 0 Å². The van der Waals surface area contributed by atoms with Crippen molar-refractivity contribution in [1.29, 1.82) is 0 Å². The number of carbonyl (C=O) groups excluding carboxylic acids is 3. The molecule has 2 heterocycles. The molecule has 0 bridgehead atoms. The third-order valence-electron chi connectivity index (χ3n) is 5.14. The van der Waals surface area contributed by atoms with E-state index in [1.807, 2.05) is 66.9 Å². The molecule has 0 spiro atoms. The number of amides is 3. The van der Waals surface area contributed by atoms with Gasteiger partial charge in [-0.2, -0.15) is 0 Å². The number of nitrogens with zero attached hydrogens (tertiary/aromatic N) is 2. The summed E-state index contributed by atoms with van der Waals surface area (Å²) in [6, 6.07) is 19.9. The molecule has 1 saturated heterocycles. The van der Waals surface area contributed by atoms with Gasteiger partial charge in [0, 0.05) is 6.54 Å². The standard InChI is InChI=1S/C24H22N2O3S2/c1-17-9-11-19(12-10-17)26-21(27)14-20(24(26)29)25(15-18-6-3-2-4-7-18)22(28)16-31-23-8-5-13-30-23/h2-13,20H,14-16H2,1H3. The molecule has 2 aromatic carbocycles. The molecule has 31 heavy (non-hydrogen) atoms. The molecule has 3 aromatic rings. The second kappa shape index (κ2) is 9.49. The minimum atomic E-state index is -0.801. The van der Waals surface area contributed by atoms with Gasteiger partial charge in [0.2, 0.25) is 11.8 Å². The highest BCUT2D eigenvalue weighted by Crippen LogP contribution is 2.29. The number of imide groups is 1. The van der Waals surface area contributed by atoms with Gasteiger partial charge in [-0.1, -0.05) is 54.1 Å². The normalized spacial score (nSPS) is 16.0. The second-order valence-electron chi connectivity index (χ2n) is 7.35. The fraction of sp³-hybridized carbons (Fsp3) is 0.208. The zero-order valence-corrected chi connectivity index (χ0v) is 18.7. The molecule has 1 fully saturated rings. The predicted molar refractivity (Wildman–Crippen MR) is 124 cm³/mol. The SMILES string of the molecule is Cc1ccc(N2C(=O)CC(N(Cc3ccccc3)C(=O)CSc3cccs3)C2=O)cc1. The Kier molecular flexibility index (Phi) is 6.53. The first-order valence-electron chi connectivity index (χ1n) is 9.96. The van der Waals surface area contributed by atoms with Crippen LogP contribution in [-0.2, 0) is 20.9 Å². The molecule has 0 aliphatic carbocycles. The molecular formula is C24H22N2O3S2. The van der Waals surface area contributed by atoms with Crippen LogP contribution in [-0.4, -0.2) is 34.4 Å². The van der Waals surface area contributed by atoms with E-state index in [2.05, 4.69) is 0 Å². The first-order chi connectivity index (χ1) is 15.0. The highest BCUT2D eigenvalue weighted by molar-refractivity contribution is 8.01. The number of rotatable bonds is 7. The number of anilines is 1. The van der Waals surface area contributed by atoms with Crippen molar-refractivity contribution >= 4 is 46.5 Å². The number of thiophene rings is 1. The molecule has 7 heteroatoms. The number of hydrogen-bond donors (Lipinski definition) is 0. The van der Waals surface area contributed by atoms with Gasteiger partial charge >= 0.3 is 0 Å². The zero-order valence-electron chi connectivity index (χ0n) is 17.1. The quantitative estimate of drug-likeness (QED) is 0.393. The summed E-state index contributed by atoms with van der Waals surface area (Å²) in [6.45, 7) is 2.24. The number of carbonyl (C=O) groups is 3. The van der Waals surface area contributed by atoms with Gasteiger partial charge in [0.1, 0.15) is 6.04 Å². The van der Waals surface area contributed by atoms with Gasteiger partial charge in [-0.3, -0.25) is 14.4 Å². The monoisotopic (exact) mass is 450 g/mol. The number of thioether (sulfide) groups is 1. The van der Waals surface area contributed by atoms with Crippen molar-refractivity contribution < 1.29 is 14.4 Å². The summed E-state index contributed by atoms with van der Waals surface area (Å²) in [5.41, 5.74) is 2.51. The lowest BCUT2D eigenvalue weighted by Crippen LogP contribution is -2.45. The zero-order chi connectivity index (χ0) is 21.8. The van der Waals surface area contributed by atoms with Crippen LogP contribution in [0.2, 0.25) is 0 Å². The van der Waals surface area contributed by atoms with Crippen molar-refractivity contribution in [3.8, 4) is 0 Å². The molecule has 4 rings (SSSR count). The highest BCUT2D eigenvalue weighted by atomic mass is 32.2. The average Bonchev–Trinajstić information content (AvgIpc) is 3.40. The van der Waals surface area contributed by atoms with Crippen molar-refractivity contribution in [2.24, 2.45) is 0 Å². The van der Waals surface area contributed by atoms with E-state index in [0.717, 1.165) is 15.3 Å². The number of hydrogen-bond acceptors (Lipinski definition) is 5. The maximum atomic E-state index is 13.3. The van der Waals surface area contributed by atoms with Crippen LogP contribution in [0.3, 0.4) is 0 Å². The van der Waals surface area contributed by atoms with Crippen LogP contribution < -0.4 is 4.90 Å². The lowest BCUT2D eigenvalue weighted by Gasteiger charge is -2.27. The van der Waals surface area contributed by atoms with Crippen LogP contribution in [0.1, 0.15) is 17.5 Å². The fourth-order valence-electron chi connectivity index (χ4n) is 3.54. The fourth-order valence-corrected chi connectivity index (χ4v) is 5.21. The summed E-state index contributed by atoms with van der Waals surface area (Å²) < 4.78 is 1.04. The molecule has 0 saturated carbocycles. The van der Waals surface area contributed by atoms with E-state index in [0.29, 0.717) is 5.69 Å². The van der Waals surface area contributed by atoms with Gasteiger partial charge in [0.25, 0.3) is 5.91 Å². The van der Waals surface area contributed by atoms with Gasteiger partial charge in [0.05, 0.1) is 22.1 Å². The molecule has 0 N–H and O–H groups in total. The van der Waals surface area contributed by atoms with E-state index < -0.39 is 6.04 Å². The lowest BCUT2D eigenvalue weighted by atomic mass is 10.1. The third-order valence-corrected chi connectivity index (χ3v) is 7.26. The van der Waals surface area contributed by atoms with Gasteiger partial charge in [-0.05, 0) is 36.1 Å². The molecule has 1 aliphatic heterocycles. The Morgan fingerprint density at radius 2 is 1.81 bits per heavy atom. The first kappa shape index (κ1) is 21.3. The molecule has 158 valence electrons. The Morgan fingerprint density at radius 1 is 1.06 bits per heavy atom. The van der Waals surface area contributed by atoms with E-state index in [9.17, 15) is 14.4 Å². The largest absolute Gasteiger partial charge is 0.325 e. The Hall–Kier alpha value is -2.90. The Bertz CT molecular complexity index is 1070. The lowest BCUT2D eigenvalue weighted by molar-refractivity contribution is -0.136. The minimum absolute atomic E-state index is 0.00501. The van der Waals surface area contributed by atoms with E-state index in [-0.39, 0.29) is 36.4 Å². The summed E-state index contributed by atoms with van der Waals surface area (Å²) in [7, 11) is 0. The van der Waals surface area contributed by atoms with Gasteiger partial charge in [-0.25, -0.2) is 4.90 Å². The van der Waals surface area contributed by atoms with Crippen molar-refractivity contribution in [2.75, 3.05) is 10.7 Å². The summed E-state index contributed by atoms with van der Waals surface area (Å²) in [5, 5.41) is 1.97. The predicted octanol–water partition coefficient (Wildman–Crippen LogP) is 4.51. The smallest absolute Gasteiger partial charge is 0.257 e. The van der Waals surface area contributed by atoms with Crippen molar-refractivity contribution in [1.82, 2.24) is 4.90 Å². The van der Waals surface area contributed by atoms with E-state index >= 15 is 0 Å². The molecule has 1 aliphatic rings. The maximum absolute atomic E-state index is 13.3. The molecule has 1 atom stereocenters. The van der Waals surface area contributed by atoms with Crippen LogP contribution >= 0.6 is 23.1 Å². The molecule has 1 aromatic heterocycles. The molecule has 3 amide bonds. The summed E-state index contributed by atoms with van der Waals surface area (Å²) in [6.07, 6.45) is -0.00501. The topological polar surface area (TPSA) is 57.7 Å². The Morgan fingerprint density at radius 3 is 2.48 bits per heavy atom. The van der Waals surface area contributed by atoms with Crippen LogP contribution in [0.15, 0.2) is 76.3 Å². The number of benzene rings is 2. The Balaban J connectivity index is 1.57. The third kappa shape index (κ3) is 4.89. The summed E-state index contributed by atoms with van der Waals surface area (Å²) in [5.74, 6) is -0.565. The Labute approximate surface area is 189 Å². The summed E-state index contributed by atoms with van der Waals surface area (Å²) in [4.78, 5) is 42.0. The first-order valence-corrected chi connectivity index (χ1v) is 11.8. The molecular weight excluding hydrogens is 428 g/mol. The van der Waals surface area contributed by atoms with Gasteiger partial charge < -0.3 is 4.90 Å². The van der Waals surface area contributed by atoms with Crippen molar-refractivity contribution in [3.05, 3.63) is 83.2 Å².